The van der Waals surface area contributed by atoms with E-state index < -0.39 is 0 Å². The number of aryl methyl sites for hydroxylation is 1. The average Bonchev–Trinajstić information content (AvgIpc) is 3.08. The van der Waals surface area contributed by atoms with E-state index in [0.717, 1.165) is 24.7 Å². The molecule has 1 aliphatic rings. The van der Waals surface area contributed by atoms with Crippen LogP contribution in [0, 0.1) is 0 Å². The van der Waals surface area contributed by atoms with Crippen LogP contribution in [0.25, 0.3) is 0 Å². The van der Waals surface area contributed by atoms with Crippen molar-refractivity contribution in [2.75, 3.05) is 7.11 Å². The lowest BCUT2D eigenvalue weighted by Gasteiger charge is -2.02. The van der Waals surface area contributed by atoms with Crippen molar-refractivity contribution in [2.45, 2.75) is 58.2 Å². The molecule has 3 nitrogen and oxygen atoms in total. The Bertz CT molecular complexity index is 347. The molecule has 1 aromatic rings. The zero-order chi connectivity index (χ0) is 12.1. The van der Waals surface area contributed by atoms with E-state index in [2.05, 4.69) is 17.2 Å². The van der Waals surface area contributed by atoms with Crippen molar-refractivity contribution in [1.82, 2.24) is 10.3 Å². The van der Waals surface area contributed by atoms with Crippen LogP contribution in [0.4, 0.5) is 0 Å². The van der Waals surface area contributed by atoms with Gasteiger partial charge in [-0.25, -0.2) is 4.98 Å². The minimum Gasteiger partial charge on any atom is -0.378 e. The van der Waals surface area contributed by atoms with Crippen LogP contribution < -0.4 is 5.32 Å². The van der Waals surface area contributed by atoms with Gasteiger partial charge in [-0.1, -0.05) is 13.3 Å². The molecule has 1 N–H and O–H groups in total. The fourth-order valence-corrected chi connectivity index (χ4v) is 2.85. The SMILES string of the molecule is CCCCc1nc(COC)c(CNC2CC2)s1. The molecule has 0 saturated heterocycles. The Morgan fingerprint density at radius 3 is 2.94 bits per heavy atom. The Morgan fingerprint density at radius 2 is 2.29 bits per heavy atom. The Morgan fingerprint density at radius 1 is 1.47 bits per heavy atom. The van der Waals surface area contributed by atoms with Crippen molar-refractivity contribution in [3.63, 3.8) is 0 Å². The first-order valence-electron chi connectivity index (χ1n) is 6.53. The Hall–Kier alpha value is -0.450. The zero-order valence-corrected chi connectivity index (χ0v) is 11.6. The predicted molar refractivity (Wildman–Crippen MR) is 71.3 cm³/mol. The predicted octanol–water partition coefficient (Wildman–Crippen LogP) is 2.88. The highest BCUT2D eigenvalue weighted by Gasteiger charge is 2.21. The summed E-state index contributed by atoms with van der Waals surface area (Å²) in [7, 11) is 1.74. The fraction of sp³-hybridized carbons (Fsp3) is 0.769. The van der Waals surface area contributed by atoms with Crippen molar-refractivity contribution in [3.05, 3.63) is 15.6 Å². The summed E-state index contributed by atoms with van der Waals surface area (Å²) >= 11 is 1.86. The molecule has 0 bridgehead atoms. The van der Waals surface area contributed by atoms with E-state index in [-0.39, 0.29) is 0 Å². The van der Waals surface area contributed by atoms with Gasteiger partial charge < -0.3 is 10.1 Å². The number of aromatic nitrogens is 1. The molecule has 0 atom stereocenters. The highest BCUT2D eigenvalue weighted by molar-refractivity contribution is 7.11. The molecule has 1 saturated carbocycles. The van der Waals surface area contributed by atoms with E-state index in [4.69, 9.17) is 4.74 Å². The van der Waals surface area contributed by atoms with Gasteiger partial charge in [-0.2, -0.15) is 0 Å². The molecule has 0 spiro atoms. The molecule has 0 aromatic carbocycles. The molecule has 96 valence electrons. The van der Waals surface area contributed by atoms with Gasteiger partial charge in [-0.05, 0) is 25.7 Å². The van der Waals surface area contributed by atoms with E-state index in [0.29, 0.717) is 6.61 Å². The van der Waals surface area contributed by atoms with Crippen LogP contribution in [0.3, 0.4) is 0 Å². The highest BCUT2D eigenvalue weighted by Crippen LogP contribution is 2.24. The van der Waals surface area contributed by atoms with Gasteiger partial charge in [0.2, 0.25) is 0 Å². The van der Waals surface area contributed by atoms with Crippen molar-refractivity contribution in [3.8, 4) is 0 Å². The van der Waals surface area contributed by atoms with E-state index in [1.807, 2.05) is 11.3 Å². The second kappa shape index (κ2) is 6.47. The van der Waals surface area contributed by atoms with Crippen LogP contribution in [-0.4, -0.2) is 18.1 Å². The molecule has 0 aliphatic heterocycles. The number of hydrogen-bond acceptors (Lipinski definition) is 4. The molecule has 17 heavy (non-hydrogen) atoms. The minimum atomic E-state index is 0.643. The number of ether oxygens (including phenoxy) is 1. The third kappa shape index (κ3) is 4.05. The normalized spacial score (nSPS) is 15.4. The summed E-state index contributed by atoms with van der Waals surface area (Å²) in [6.07, 6.45) is 6.24. The topological polar surface area (TPSA) is 34.1 Å². The van der Waals surface area contributed by atoms with Gasteiger partial charge in [-0.15, -0.1) is 11.3 Å². The standard InChI is InChI=1S/C13H22N2OS/c1-3-4-5-13-15-11(9-16-2)12(17-13)8-14-10-6-7-10/h10,14H,3-9H2,1-2H3. The number of nitrogens with one attached hydrogen (secondary N) is 1. The minimum absolute atomic E-state index is 0.643. The van der Waals surface area contributed by atoms with Crippen LogP contribution in [0.5, 0.6) is 0 Å². The summed E-state index contributed by atoms with van der Waals surface area (Å²) in [5.74, 6) is 0. The molecule has 0 unspecified atom stereocenters. The van der Waals surface area contributed by atoms with Crippen LogP contribution in [0.2, 0.25) is 0 Å². The summed E-state index contributed by atoms with van der Waals surface area (Å²) < 4.78 is 5.23. The molecule has 1 fully saturated rings. The van der Waals surface area contributed by atoms with E-state index in [1.54, 1.807) is 7.11 Å². The first-order valence-corrected chi connectivity index (χ1v) is 7.35. The molecule has 4 heteroatoms. The fourth-order valence-electron chi connectivity index (χ4n) is 1.78. The number of rotatable bonds is 8. The molecule has 1 aliphatic carbocycles. The monoisotopic (exact) mass is 254 g/mol. The zero-order valence-electron chi connectivity index (χ0n) is 10.8. The lowest BCUT2D eigenvalue weighted by atomic mass is 10.3. The first-order chi connectivity index (χ1) is 8.33. The van der Waals surface area contributed by atoms with Gasteiger partial charge in [0.25, 0.3) is 0 Å². The molecular weight excluding hydrogens is 232 g/mol. The molecule has 1 aromatic heterocycles. The molecule has 0 amide bonds. The van der Waals surface area contributed by atoms with Gasteiger partial charge in [0.15, 0.2) is 0 Å². The number of unbranched alkanes of at least 4 members (excludes halogenated alkanes) is 1. The summed E-state index contributed by atoms with van der Waals surface area (Å²) in [5, 5.41) is 4.83. The quantitative estimate of drug-likeness (QED) is 0.774. The van der Waals surface area contributed by atoms with Crippen LogP contribution >= 0.6 is 11.3 Å². The van der Waals surface area contributed by atoms with Crippen molar-refractivity contribution < 1.29 is 4.74 Å². The smallest absolute Gasteiger partial charge is 0.0932 e. The number of hydrogen-bond donors (Lipinski definition) is 1. The van der Waals surface area contributed by atoms with E-state index >= 15 is 0 Å². The molecule has 1 heterocycles. The van der Waals surface area contributed by atoms with Crippen molar-refractivity contribution in [2.24, 2.45) is 0 Å². The second-order valence-electron chi connectivity index (χ2n) is 4.67. The van der Waals surface area contributed by atoms with Crippen LogP contribution in [0.15, 0.2) is 0 Å². The third-order valence-electron chi connectivity index (χ3n) is 2.98. The molecule has 0 radical (unpaired) electrons. The second-order valence-corrected chi connectivity index (χ2v) is 5.84. The first kappa shape index (κ1) is 13.0. The summed E-state index contributed by atoms with van der Waals surface area (Å²) in [6, 6.07) is 0.756. The maximum Gasteiger partial charge on any atom is 0.0932 e. The summed E-state index contributed by atoms with van der Waals surface area (Å²) in [6.45, 7) is 3.83. The highest BCUT2D eigenvalue weighted by atomic mass is 32.1. The van der Waals surface area contributed by atoms with E-state index in [1.165, 1.54) is 35.6 Å². The Labute approximate surface area is 108 Å². The van der Waals surface area contributed by atoms with E-state index in [9.17, 15) is 0 Å². The van der Waals surface area contributed by atoms with Gasteiger partial charge in [0, 0.05) is 24.6 Å². The van der Waals surface area contributed by atoms with Crippen LogP contribution in [-0.2, 0) is 24.3 Å². The number of nitrogens with zero attached hydrogens (tertiary/aromatic N) is 1. The van der Waals surface area contributed by atoms with Gasteiger partial charge in [0.05, 0.1) is 17.3 Å². The van der Waals surface area contributed by atoms with Crippen molar-refractivity contribution in [1.29, 1.82) is 0 Å². The maximum absolute atomic E-state index is 5.23. The van der Waals surface area contributed by atoms with Gasteiger partial charge >= 0.3 is 0 Å². The lowest BCUT2D eigenvalue weighted by Crippen LogP contribution is -2.15. The average molecular weight is 254 g/mol. The molecule has 2 rings (SSSR count). The van der Waals surface area contributed by atoms with Gasteiger partial charge in [-0.3, -0.25) is 0 Å². The third-order valence-corrected chi connectivity index (χ3v) is 4.13. The number of thiazole rings is 1. The lowest BCUT2D eigenvalue weighted by molar-refractivity contribution is 0.181. The number of methoxy groups -OCH3 is 1. The Kier molecular flexibility index (Phi) is 4.95. The Balaban J connectivity index is 1.95. The summed E-state index contributed by atoms with van der Waals surface area (Å²) in [5.41, 5.74) is 1.14. The van der Waals surface area contributed by atoms with Crippen molar-refractivity contribution >= 4 is 11.3 Å². The van der Waals surface area contributed by atoms with Gasteiger partial charge in [0.1, 0.15) is 0 Å². The summed E-state index contributed by atoms with van der Waals surface area (Å²) in [4.78, 5) is 6.05. The van der Waals surface area contributed by atoms with Crippen LogP contribution in [0.1, 0.15) is 48.2 Å². The maximum atomic E-state index is 5.23. The molecular formula is C13H22N2OS. The largest absolute Gasteiger partial charge is 0.378 e.